The highest BCUT2D eigenvalue weighted by Crippen LogP contribution is 2.20. The minimum Gasteiger partial charge on any atom is -0.465 e. The molecule has 88 valence electrons. The Balaban J connectivity index is 2.36. The number of cyclic esters (lactones) is 1. The number of unbranched alkanes of at least 4 members (excludes halogenated alkanes) is 1. The molecule has 1 heterocycles. The van der Waals surface area contributed by atoms with Gasteiger partial charge in [0.1, 0.15) is 0 Å². The largest absolute Gasteiger partial charge is 0.465 e. The Morgan fingerprint density at radius 1 is 1.20 bits per heavy atom. The van der Waals surface area contributed by atoms with Gasteiger partial charge in [0, 0.05) is 0 Å². The van der Waals surface area contributed by atoms with Crippen LogP contribution in [0, 0.1) is 5.92 Å². The average Bonchev–Trinajstić information content (AvgIpc) is 2.26. The Morgan fingerprint density at radius 3 is 2.73 bits per heavy atom. The zero-order valence-electron chi connectivity index (χ0n) is 9.96. The topological polar surface area (TPSA) is 26.3 Å². The summed E-state index contributed by atoms with van der Waals surface area (Å²) in [5.41, 5.74) is 0. The lowest BCUT2D eigenvalue weighted by molar-refractivity contribution is -0.149. The SMILES string of the molecule is CCCCC1CCCCCCCOC1=O. The summed E-state index contributed by atoms with van der Waals surface area (Å²) in [5.74, 6) is 0.244. The van der Waals surface area contributed by atoms with Crippen LogP contribution in [0.5, 0.6) is 0 Å². The van der Waals surface area contributed by atoms with Gasteiger partial charge in [0.25, 0.3) is 0 Å². The van der Waals surface area contributed by atoms with Gasteiger partial charge < -0.3 is 4.74 Å². The maximum Gasteiger partial charge on any atom is 0.308 e. The van der Waals surface area contributed by atoms with E-state index < -0.39 is 0 Å². The molecular formula is C13H24O2. The molecule has 15 heavy (non-hydrogen) atoms. The van der Waals surface area contributed by atoms with Crippen LogP contribution in [0.1, 0.15) is 64.7 Å². The monoisotopic (exact) mass is 212 g/mol. The van der Waals surface area contributed by atoms with E-state index in [-0.39, 0.29) is 11.9 Å². The van der Waals surface area contributed by atoms with Gasteiger partial charge in [-0.25, -0.2) is 0 Å². The van der Waals surface area contributed by atoms with Gasteiger partial charge in [0.2, 0.25) is 0 Å². The van der Waals surface area contributed by atoms with Gasteiger partial charge in [0.15, 0.2) is 0 Å². The summed E-state index contributed by atoms with van der Waals surface area (Å²) in [5, 5.41) is 0. The second-order valence-electron chi connectivity index (χ2n) is 4.56. The van der Waals surface area contributed by atoms with Crippen molar-refractivity contribution in [3.8, 4) is 0 Å². The van der Waals surface area contributed by atoms with Crippen LogP contribution in [0.25, 0.3) is 0 Å². The molecule has 0 aromatic heterocycles. The fraction of sp³-hybridized carbons (Fsp3) is 0.923. The van der Waals surface area contributed by atoms with Crippen LogP contribution in [0.15, 0.2) is 0 Å². The van der Waals surface area contributed by atoms with Gasteiger partial charge in [-0.05, 0) is 19.3 Å². The summed E-state index contributed by atoms with van der Waals surface area (Å²) in [4.78, 5) is 11.7. The predicted octanol–water partition coefficient (Wildman–Crippen LogP) is 3.69. The van der Waals surface area contributed by atoms with Crippen LogP contribution >= 0.6 is 0 Å². The molecule has 1 saturated heterocycles. The predicted molar refractivity (Wildman–Crippen MR) is 61.7 cm³/mol. The van der Waals surface area contributed by atoms with E-state index in [1.807, 2.05) is 0 Å². The van der Waals surface area contributed by atoms with E-state index in [1.165, 1.54) is 32.1 Å². The van der Waals surface area contributed by atoms with Crippen LogP contribution in [0.2, 0.25) is 0 Å². The molecule has 2 nitrogen and oxygen atoms in total. The van der Waals surface area contributed by atoms with Crippen LogP contribution in [0.3, 0.4) is 0 Å². The molecule has 1 aliphatic rings. The number of carbonyl (C=O) groups excluding carboxylic acids is 1. The number of rotatable bonds is 3. The lowest BCUT2D eigenvalue weighted by atomic mass is 9.95. The molecule has 0 bridgehead atoms. The molecular weight excluding hydrogens is 188 g/mol. The van der Waals surface area contributed by atoms with Crippen molar-refractivity contribution < 1.29 is 9.53 Å². The second-order valence-corrected chi connectivity index (χ2v) is 4.56. The first kappa shape index (κ1) is 12.5. The fourth-order valence-electron chi connectivity index (χ4n) is 2.14. The van der Waals surface area contributed by atoms with Gasteiger partial charge in [-0.3, -0.25) is 4.79 Å². The van der Waals surface area contributed by atoms with E-state index in [1.54, 1.807) is 0 Å². The van der Waals surface area contributed by atoms with Crippen molar-refractivity contribution in [3.05, 3.63) is 0 Å². The van der Waals surface area contributed by atoms with E-state index in [0.717, 1.165) is 25.7 Å². The molecule has 1 fully saturated rings. The third kappa shape index (κ3) is 5.19. The summed E-state index contributed by atoms with van der Waals surface area (Å²) < 4.78 is 5.29. The first-order chi connectivity index (χ1) is 7.34. The summed E-state index contributed by atoms with van der Waals surface area (Å²) in [6.07, 6.45) is 10.4. The molecule has 1 unspecified atom stereocenters. The Morgan fingerprint density at radius 2 is 1.93 bits per heavy atom. The van der Waals surface area contributed by atoms with Crippen LogP contribution < -0.4 is 0 Å². The van der Waals surface area contributed by atoms with Crippen molar-refractivity contribution in [2.45, 2.75) is 64.7 Å². The summed E-state index contributed by atoms with van der Waals surface area (Å²) in [6.45, 7) is 2.81. The Hall–Kier alpha value is -0.530. The number of carbonyl (C=O) groups is 1. The zero-order valence-corrected chi connectivity index (χ0v) is 9.96. The minimum atomic E-state index is 0.0605. The van der Waals surface area contributed by atoms with Gasteiger partial charge in [-0.15, -0.1) is 0 Å². The van der Waals surface area contributed by atoms with Gasteiger partial charge in [-0.1, -0.05) is 45.4 Å². The molecule has 0 amide bonds. The maximum absolute atomic E-state index is 11.7. The number of esters is 1. The lowest BCUT2D eigenvalue weighted by Crippen LogP contribution is -2.19. The lowest BCUT2D eigenvalue weighted by Gasteiger charge is -2.17. The Labute approximate surface area is 93.4 Å². The molecule has 0 aromatic rings. The summed E-state index contributed by atoms with van der Waals surface area (Å²) in [6, 6.07) is 0. The highest BCUT2D eigenvalue weighted by atomic mass is 16.5. The van der Waals surface area contributed by atoms with E-state index in [4.69, 9.17) is 4.74 Å². The average molecular weight is 212 g/mol. The zero-order chi connectivity index (χ0) is 10.9. The van der Waals surface area contributed by atoms with Crippen LogP contribution in [-0.2, 0) is 9.53 Å². The van der Waals surface area contributed by atoms with Crippen molar-refractivity contribution in [2.75, 3.05) is 6.61 Å². The van der Waals surface area contributed by atoms with Gasteiger partial charge >= 0.3 is 5.97 Å². The third-order valence-corrected chi connectivity index (χ3v) is 3.18. The molecule has 1 atom stereocenters. The third-order valence-electron chi connectivity index (χ3n) is 3.18. The Kier molecular flexibility index (Phi) is 6.45. The van der Waals surface area contributed by atoms with Crippen molar-refractivity contribution >= 4 is 5.97 Å². The normalized spacial score (nSPS) is 24.6. The highest BCUT2D eigenvalue weighted by Gasteiger charge is 2.19. The smallest absolute Gasteiger partial charge is 0.308 e. The van der Waals surface area contributed by atoms with Crippen molar-refractivity contribution in [1.29, 1.82) is 0 Å². The summed E-state index contributed by atoms with van der Waals surface area (Å²) >= 11 is 0. The molecule has 1 rings (SSSR count). The second kappa shape index (κ2) is 7.72. The first-order valence-corrected chi connectivity index (χ1v) is 6.51. The molecule has 0 spiro atoms. The highest BCUT2D eigenvalue weighted by molar-refractivity contribution is 5.72. The molecule has 0 N–H and O–H groups in total. The molecule has 0 aliphatic carbocycles. The molecule has 0 aromatic carbocycles. The standard InChI is InChI=1S/C13H24O2/c1-2-3-9-12-10-7-5-4-6-8-11-15-13(12)14/h12H,2-11H2,1H3. The van der Waals surface area contributed by atoms with E-state index in [9.17, 15) is 4.79 Å². The van der Waals surface area contributed by atoms with Crippen LogP contribution in [-0.4, -0.2) is 12.6 Å². The summed E-state index contributed by atoms with van der Waals surface area (Å²) in [7, 11) is 0. The van der Waals surface area contributed by atoms with Crippen LogP contribution in [0.4, 0.5) is 0 Å². The molecule has 1 aliphatic heterocycles. The number of hydrogen-bond acceptors (Lipinski definition) is 2. The van der Waals surface area contributed by atoms with Gasteiger partial charge in [-0.2, -0.15) is 0 Å². The van der Waals surface area contributed by atoms with E-state index in [0.29, 0.717) is 6.61 Å². The van der Waals surface area contributed by atoms with Gasteiger partial charge in [0.05, 0.1) is 12.5 Å². The molecule has 0 saturated carbocycles. The molecule has 2 heteroatoms. The fourth-order valence-corrected chi connectivity index (χ4v) is 2.14. The molecule has 0 radical (unpaired) electrons. The Bertz CT molecular complexity index is 177. The number of ether oxygens (including phenoxy) is 1. The minimum absolute atomic E-state index is 0.0605. The first-order valence-electron chi connectivity index (χ1n) is 6.51. The maximum atomic E-state index is 11.7. The van der Waals surface area contributed by atoms with E-state index >= 15 is 0 Å². The van der Waals surface area contributed by atoms with Crippen molar-refractivity contribution in [2.24, 2.45) is 5.92 Å². The van der Waals surface area contributed by atoms with E-state index in [2.05, 4.69) is 6.92 Å². The van der Waals surface area contributed by atoms with Crippen molar-refractivity contribution in [1.82, 2.24) is 0 Å². The quantitative estimate of drug-likeness (QED) is 0.667. The van der Waals surface area contributed by atoms with Crippen molar-refractivity contribution in [3.63, 3.8) is 0 Å². The number of hydrogen-bond donors (Lipinski definition) is 0.